The van der Waals surface area contributed by atoms with Crippen LogP contribution in [-0.2, 0) is 16.1 Å². The van der Waals surface area contributed by atoms with Crippen molar-refractivity contribution in [2.75, 3.05) is 33.4 Å². The van der Waals surface area contributed by atoms with Crippen LogP contribution in [-0.4, -0.2) is 60.1 Å². The molecule has 0 spiro atoms. The third kappa shape index (κ3) is 6.55. The van der Waals surface area contributed by atoms with Gasteiger partial charge in [-0.25, -0.2) is 4.99 Å². The highest BCUT2D eigenvalue weighted by molar-refractivity contribution is 9.10. The Labute approximate surface area is 244 Å². The Morgan fingerprint density at radius 1 is 1.13 bits per heavy atom. The van der Waals surface area contributed by atoms with Crippen molar-refractivity contribution < 1.29 is 19.1 Å². The summed E-state index contributed by atoms with van der Waals surface area (Å²) in [6.45, 7) is 2.58. The van der Waals surface area contributed by atoms with Gasteiger partial charge in [0.2, 0.25) is 0 Å². The van der Waals surface area contributed by atoms with Crippen LogP contribution in [0.3, 0.4) is 0 Å². The average Bonchev–Trinajstić information content (AvgIpc) is 3.21. The van der Waals surface area contributed by atoms with Gasteiger partial charge in [0.1, 0.15) is 12.4 Å². The molecule has 200 valence electrons. The molecule has 3 aromatic carbocycles. The van der Waals surface area contributed by atoms with Crippen molar-refractivity contribution in [1.29, 1.82) is 0 Å². The minimum atomic E-state index is -0.144. The number of likely N-dealkylation sites (N-methyl/N-ethyl adjacent to an activating group) is 1. The zero-order valence-electron chi connectivity index (χ0n) is 21.1. The maximum atomic E-state index is 13.0. The fourth-order valence-electron chi connectivity index (χ4n) is 4.07. The normalized spacial score (nSPS) is 17.8. The lowest BCUT2D eigenvalue weighted by Crippen LogP contribution is -2.40. The van der Waals surface area contributed by atoms with E-state index in [9.17, 15) is 9.59 Å². The number of hydrogen-bond donors (Lipinski definition) is 0. The fourth-order valence-corrected chi connectivity index (χ4v) is 5.75. The summed E-state index contributed by atoms with van der Waals surface area (Å²) in [4.78, 5) is 34.4. The second kappa shape index (κ2) is 12.4. The number of rotatable bonds is 6. The van der Waals surface area contributed by atoms with Crippen LogP contribution in [0.5, 0.6) is 5.75 Å². The Kier molecular flexibility index (Phi) is 8.72. The summed E-state index contributed by atoms with van der Waals surface area (Å²) in [5.41, 5.74) is 2.92. The number of carbonyl (C=O) groups excluding carboxylic acids is 2. The number of hydrogen-bond acceptors (Lipinski definition) is 6. The molecule has 0 radical (unpaired) electrons. The van der Waals surface area contributed by atoms with E-state index in [-0.39, 0.29) is 11.8 Å². The smallest absolute Gasteiger partial charge is 0.266 e. The molecule has 0 aromatic heterocycles. The van der Waals surface area contributed by atoms with E-state index in [4.69, 9.17) is 21.1 Å². The highest BCUT2D eigenvalue weighted by Gasteiger charge is 2.30. The predicted octanol–water partition coefficient (Wildman–Crippen LogP) is 6.39. The fraction of sp³-hybridized carbons (Fsp3) is 0.207. The summed E-state index contributed by atoms with van der Waals surface area (Å²) in [7, 11) is 1.69. The number of nitrogens with zero attached hydrogens (tertiary/aromatic N) is 3. The molecular formula is C29H25BrClN3O4S. The Bertz CT molecular complexity index is 1470. The number of amidine groups is 1. The molecule has 2 aliphatic rings. The van der Waals surface area contributed by atoms with Gasteiger partial charge in [0, 0.05) is 36.3 Å². The van der Waals surface area contributed by atoms with Crippen molar-refractivity contribution >= 4 is 68.0 Å². The molecule has 39 heavy (non-hydrogen) atoms. The first kappa shape index (κ1) is 27.5. The van der Waals surface area contributed by atoms with E-state index < -0.39 is 0 Å². The van der Waals surface area contributed by atoms with Crippen LogP contribution in [0.15, 0.2) is 81.1 Å². The second-order valence-electron chi connectivity index (χ2n) is 8.89. The van der Waals surface area contributed by atoms with Crippen molar-refractivity contribution in [1.82, 2.24) is 9.80 Å². The van der Waals surface area contributed by atoms with Gasteiger partial charge in [-0.2, -0.15) is 0 Å². The van der Waals surface area contributed by atoms with E-state index in [1.807, 2.05) is 54.6 Å². The van der Waals surface area contributed by atoms with Gasteiger partial charge in [-0.1, -0.05) is 41.9 Å². The Morgan fingerprint density at radius 2 is 1.92 bits per heavy atom. The summed E-state index contributed by atoms with van der Waals surface area (Å²) < 4.78 is 12.0. The van der Waals surface area contributed by atoms with Crippen molar-refractivity contribution in [3.05, 3.63) is 97.8 Å². The van der Waals surface area contributed by atoms with E-state index in [1.54, 1.807) is 30.1 Å². The van der Waals surface area contributed by atoms with E-state index >= 15 is 0 Å². The summed E-state index contributed by atoms with van der Waals surface area (Å²) in [5, 5.41) is 1.20. The van der Waals surface area contributed by atoms with Crippen molar-refractivity contribution in [2.45, 2.75) is 6.61 Å². The quantitative estimate of drug-likeness (QED) is 0.297. The van der Waals surface area contributed by atoms with Crippen LogP contribution in [0.2, 0.25) is 5.02 Å². The van der Waals surface area contributed by atoms with Gasteiger partial charge in [0.15, 0.2) is 5.17 Å². The minimum Gasteiger partial charge on any atom is -0.488 e. The van der Waals surface area contributed by atoms with Gasteiger partial charge < -0.3 is 14.4 Å². The molecule has 3 aromatic rings. The Balaban J connectivity index is 1.29. The Hall–Kier alpha value is -3.11. The molecule has 2 amide bonds. The number of halogens is 2. The van der Waals surface area contributed by atoms with Gasteiger partial charge >= 0.3 is 0 Å². The van der Waals surface area contributed by atoms with Crippen LogP contribution in [0, 0.1) is 0 Å². The number of aliphatic imine (C=N–C) groups is 1. The number of ether oxygens (including phenoxy) is 2. The molecule has 2 fully saturated rings. The summed E-state index contributed by atoms with van der Waals surface area (Å²) in [6.07, 6.45) is 1.83. The van der Waals surface area contributed by atoms with E-state index in [0.717, 1.165) is 15.6 Å². The van der Waals surface area contributed by atoms with Crippen LogP contribution in [0.4, 0.5) is 5.69 Å². The molecule has 0 aliphatic carbocycles. The Morgan fingerprint density at radius 3 is 2.69 bits per heavy atom. The SMILES string of the molecule is CN1C(=O)/C(=C\c2ccc(OCc3ccccc3Cl)c(Br)c2)SC1=Nc1cccc(C(=O)N2CCOCC2)c1. The monoisotopic (exact) mass is 625 g/mol. The van der Waals surface area contributed by atoms with Crippen molar-refractivity contribution in [3.63, 3.8) is 0 Å². The maximum Gasteiger partial charge on any atom is 0.266 e. The number of thioether (sulfide) groups is 1. The van der Waals surface area contributed by atoms with Gasteiger partial charge in [0.05, 0.1) is 28.3 Å². The standard InChI is InChI=1S/C29H25BrClN3O4S/c1-33-28(36)26(16-19-9-10-25(23(30)15-19)38-18-21-5-2-3-8-24(21)31)39-29(33)32-22-7-4-6-20(17-22)27(35)34-11-13-37-14-12-34/h2-10,15-17H,11-14,18H2,1H3/b26-16+,32-29?. The molecule has 7 nitrogen and oxygen atoms in total. The van der Waals surface area contributed by atoms with Crippen LogP contribution in [0.1, 0.15) is 21.5 Å². The first-order valence-electron chi connectivity index (χ1n) is 12.3. The predicted molar refractivity (Wildman–Crippen MR) is 159 cm³/mol. The van der Waals surface area contributed by atoms with E-state index in [2.05, 4.69) is 20.9 Å². The molecule has 0 bridgehead atoms. The molecule has 10 heteroatoms. The first-order chi connectivity index (χ1) is 18.9. The number of morpholine rings is 1. The lowest BCUT2D eigenvalue weighted by molar-refractivity contribution is -0.121. The summed E-state index contributed by atoms with van der Waals surface area (Å²) in [6, 6.07) is 20.4. The first-order valence-corrected chi connectivity index (χ1v) is 14.3. The molecule has 0 atom stereocenters. The third-order valence-electron chi connectivity index (χ3n) is 6.21. The molecule has 2 saturated heterocycles. The molecule has 2 heterocycles. The zero-order valence-corrected chi connectivity index (χ0v) is 24.3. The highest BCUT2D eigenvalue weighted by atomic mass is 79.9. The number of benzene rings is 3. The van der Waals surface area contributed by atoms with E-state index in [0.29, 0.717) is 65.0 Å². The summed E-state index contributed by atoms with van der Waals surface area (Å²) in [5.74, 6) is 0.483. The van der Waals surface area contributed by atoms with Crippen molar-refractivity contribution in [2.24, 2.45) is 4.99 Å². The number of amides is 2. The van der Waals surface area contributed by atoms with Gasteiger partial charge in [-0.05, 0) is 75.7 Å². The lowest BCUT2D eigenvalue weighted by atomic mass is 10.1. The lowest BCUT2D eigenvalue weighted by Gasteiger charge is -2.26. The molecule has 0 saturated carbocycles. The van der Waals surface area contributed by atoms with Gasteiger partial charge in [0.25, 0.3) is 11.8 Å². The molecule has 0 unspecified atom stereocenters. The summed E-state index contributed by atoms with van der Waals surface area (Å²) >= 11 is 11.1. The average molecular weight is 627 g/mol. The zero-order chi connectivity index (χ0) is 27.4. The van der Waals surface area contributed by atoms with Crippen LogP contribution in [0.25, 0.3) is 6.08 Å². The van der Waals surface area contributed by atoms with Crippen LogP contribution >= 0.6 is 39.3 Å². The van der Waals surface area contributed by atoms with Gasteiger partial charge in [-0.15, -0.1) is 0 Å². The maximum absolute atomic E-state index is 13.0. The number of carbonyl (C=O) groups is 2. The second-order valence-corrected chi connectivity index (χ2v) is 11.2. The van der Waals surface area contributed by atoms with Crippen molar-refractivity contribution in [3.8, 4) is 5.75 Å². The highest BCUT2D eigenvalue weighted by Crippen LogP contribution is 2.35. The molecule has 5 rings (SSSR count). The largest absolute Gasteiger partial charge is 0.488 e. The molecule has 2 aliphatic heterocycles. The van der Waals surface area contributed by atoms with Crippen LogP contribution < -0.4 is 4.74 Å². The minimum absolute atomic E-state index is 0.0469. The third-order valence-corrected chi connectivity index (χ3v) is 8.26. The molecular weight excluding hydrogens is 602 g/mol. The van der Waals surface area contributed by atoms with Gasteiger partial charge in [-0.3, -0.25) is 14.5 Å². The van der Waals surface area contributed by atoms with E-state index in [1.165, 1.54) is 16.7 Å². The molecule has 0 N–H and O–H groups in total. The topological polar surface area (TPSA) is 71.4 Å².